The van der Waals surface area contributed by atoms with Crippen molar-refractivity contribution < 1.29 is 0 Å². The lowest BCUT2D eigenvalue weighted by molar-refractivity contribution is 0.582. The van der Waals surface area contributed by atoms with Crippen LogP contribution >= 0.6 is 23.1 Å². The van der Waals surface area contributed by atoms with E-state index >= 15 is 0 Å². The summed E-state index contributed by atoms with van der Waals surface area (Å²) in [5.41, 5.74) is 1.20. The fourth-order valence-corrected chi connectivity index (χ4v) is 3.98. The van der Waals surface area contributed by atoms with E-state index in [0.29, 0.717) is 11.3 Å². The van der Waals surface area contributed by atoms with Crippen LogP contribution in [0.5, 0.6) is 0 Å². The van der Waals surface area contributed by atoms with E-state index in [2.05, 4.69) is 36.3 Å². The highest BCUT2D eigenvalue weighted by molar-refractivity contribution is 7.99. The molecule has 4 heteroatoms. The van der Waals surface area contributed by atoms with Crippen LogP contribution in [0.25, 0.3) is 0 Å². The second kappa shape index (κ2) is 5.32. The molecule has 0 saturated carbocycles. The third-order valence-electron chi connectivity index (χ3n) is 2.47. The zero-order valence-corrected chi connectivity index (χ0v) is 11.0. The average molecular weight is 242 g/mol. The van der Waals surface area contributed by atoms with Crippen LogP contribution in [0.2, 0.25) is 0 Å². The first-order valence-electron chi connectivity index (χ1n) is 5.55. The molecule has 0 aromatic carbocycles. The summed E-state index contributed by atoms with van der Waals surface area (Å²) in [5, 5.41) is 7.62. The lowest BCUT2D eigenvalue weighted by atomic mass is 10.2. The fourth-order valence-electron chi connectivity index (χ4n) is 1.63. The van der Waals surface area contributed by atoms with Gasteiger partial charge < -0.3 is 5.32 Å². The standard InChI is InChI=1S/C11H18N2S2/c1-8(2)12-6-9-7-15-11(13-9)10-4-3-5-14-10/h7-8,10,12H,3-6H2,1-2H3. The SMILES string of the molecule is CC(C)NCc1csc(C2CCCS2)n1. The number of thioether (sulfide) groups is 1. The summed E-state index contributed by atoms with van der Waals surface area (Å²) in [4.78, 5) is 4.70. The van der Waals surface area contributed by atoms with Crippen molar-refractivity contribution in [3.8, 4) is 0 Å². The predicted molar refractivity (Wildman–Crippen MR) is 68.5 cm³/mol. The summed E-state index contributed by atoms with van der Waals surface area (Å²) in [7, 11) is 0. The maximum absolute atomic E-state index is 4.70. The van der Waals surface area contributed by atoms with Crippen molar-refractivity contribution >= 4 is 23.1 Å². The van der Waals surface area contributed by atoms with Gasteiger partial charge in [0.2, 0.25) is 0 Å². The van der Waals surface area contributed by atoms with Crippen LogP contribution in [0.1, 0.15) is 42.6 Å². The second-order valence-electron chi connectivity index (χ2n) is 4.21. The molecule has 0 aliphatic carbocycles. The summed E-state index contributed by atoms with van der Waals surface area (Å²) in [6.07, 6.45) is 2.67. The number of hydrogen-bond acceptors (Lipinski definition) is 4. The Morgan fingerprint density at radius 2 is 2.47 bits per heavy atom. The molecule has 1 aromatic rings. The molecule has 1 atom stereocenters. The maximum Gasteiger partial charge on any atom is 0.106 e. The molecule has 1 aliphatic rings. The van der Waals surface area contributed by atoms with Crippen molar-refractivity contribution in [1.29, 1.82) is 0 Å². The molecule has 2 heterocycles. The van der Waals surface area contributed by atoms with Gasteiger partial charge in [0.05, 0.1) is 10.9 Å². The van der Waals surface area contributed by atoms with Gasteiger partial charge in [-0.05, 0) is 18.6 Å². The highest BCUT2D eigenvalue weighted by Crippen LogP contribution is 2.40. The van der Waals surface area contributed by atoms with Crippen molar-refractivity contribution in [1.82, 2.24) is 10.3 Å². The van der Waals surface area contributed by atoms with E-state index in [9.17, 15) is 0 Å². The number of nitrogens with zero attached hydrogens (tertiary/aromatic N) is 1. The van der Waals surface area contributed by atoms with Gasteiger partial charge in [-0.25, -0.2) is 4.98 Å². The molecule has 1 N–H and O–H groups in total. The van der Waals surface area contributed by atoms with Crippen LogP contribution in [0.15, 0.2) is 5.38 Å². The van der Waals surface area contributed by atoms with Crippen LogP contribution in [-0.4, -0.2) is 16.8 Å². The van der Waals surface area contributed by atoms with E-state index in [1.54, 1.807) is 0 Å². The maximum atomic E-state index is 4.70. The van der Waals surface area contributed by atoms with Crippen molar-refractivity contribution in [2.45, 2.75) is 44.5 Å². The lowest BCUT2D eigenvalue weighted by Crippen LogP contribution is -2.21. The Morgan fingerprint density at radius 3 is 3.13 bits per heavy atom. The highest BCUT2D eigenvalue weighted by atomic mass is 32.2. The largest absolute Gasteiger partial charge is 0.309 e. The van der Waals surface area contributed by atoms with E-state index < -0.39 is 0 Å². The summed E-state index contributed by atoms with van der Waals surface area (Å²) in [6, 6.07) is 0.538. The molecule has 0 bridgehead atoms. The molecule has 2 nitrogen and oxygen atoms in total. The third-order valence-corrected chi connectivity index (χ3v) is 5.01. The number of aromatic nitrogens is 1. The van der Waals surface area contributed by atoms with Gasteiger partial charge in [0.1, 0.15) is 5.01 Å². The minimum absolute atomic E-state index is 0.538. The van der Waals surface area contributed by atoms with Gasteiger partial charge in [0.15, 0.2) is 0 Å². The van der Waals surface area contributed by atoms with Crippen LogP contribution < -0.4 is 5.32 Å². The molecular formula is C11H18N2S2. The molecule has 84 valence electrons. The summed E-state index contributed by atoms with van der Waals surface area (Å²) < 4.78 is 0. The van der Waals surface area contributed by atoms with Gasteiger partial charge in [-0.1, -0.05) is 13.8 Å². The molecule has 0 amide bonds. The molecule has 15 heavy (non-hydrogen) atoms. The fraction of sp³-hybridized carbons (Fsp3) is 0.727. The minimum Gasteiger partial charge on any atom is -0.309 e. The molecule has 2 rings (SSSR count). The van der Waals surface area contributed by atoms with E-state index in [1.807, 2.05) is 11.3 Å². The zero-order valence-electron chi connectivity index (χ0n) is 9.32. The first kappa shape index (κ1) is 11.4. The Hall–Kier alpha value is -0.0600. The summed E-state index contributed by atoms with van der Waals surface area (Å²) >= 11 is 3.89. The average Bonchev–Trinajstić information content (AvgIpc) is 2.85. The second-order valence-corrected chi connectivity index (χ2v) is 6.41. The molecule has 0 radical (unpaired) electrons. The Labute approximate surface area is 99.9 Å². The number of hydrogen-bond donors (Lipinski definition) is 1. The smallest absolute Gasteiger partial charge is 0.106 e. The van der Waals surface area contributed by atoms with Gasteiger partial charge in [0, 0.05) is 18.0 Å². The van der Waals surface area contributed by atoms with Crippen molar-refractivity contribution in [3.63, 3.8) is 0 Å². The first-order chi connectivity index (χ1) is 7.25. The molecule has 1 aromatic heterocycles. The summed E-state index contributed by atoms with van der Waals surface area (Å²) in [5.74, 6) is 1.31. The predicted octanol–water partition coefficient (Wildman–Crippen LogP) is 3.21. The molecule has 0 spiro atoms. The Kier molecular flexibility index (Phi) is 4.05. The van der Waals surface area contributed by atoms with Crippen molar-refractivity contribution in [3.05, 3.63) is 16.1 Å². The van der Waals surface area contributed by atoms with Gasteiger partial charge >= 0.3 is 0 Å². The molecule has 1 unspecified atom stereocenters. The third kappa shape index (κ3) is 3.20. The van der Waals surface area contributed by atoms with Gasteiger partial charge in [-0.2, -0.15) is 11.8 Å². The van der Waals surface area contributed by atoms with Crippen LogP contribution in [0.3, 0.4) is 0 Å². The monoisotopic (exact) mass is 242 g/mol. The Bertz CT molecular complexity index is 303. The van der Waals surface area contributed by atoms with E-state index in [-0.39, 0.29) is 0 Å². The molecule has 1 aliphatic heterocycles. The minimum atomic E-state index is 0.538. The molecular weight excluding hydrogens is 224 g/mol. The summed E-state index contributed by atoms with van der Waals surface area (Å²) in [6.45, 7) is 5.24. The Balaban J connectivity index is 1.91. The first-order valence-corrected chi connectivity index (χ1v) is 7.48. The van der Waals surface area contributed by atoms with Gasteiger partial charge in [0.25, 0.3) is 0 Å². The number of thiazole rings is 1. The Morgan fingerprint density at radius 1 is 1.60 bits per heavy atom. The quantitative estimate of drug-likeness (QED) is 0.877. The molecule has 1 saturated heterocycles. The number of nitrogens with one attached hydrogen (secondary N) is 1. The van der Waals surface area contributed by atoms with Gasteiger partial charge in [-0.15, -0.1) is 11.3 Å². The molecule has 1 fully saturated rings. The van der Waals surface area contributed by atoms with Crippen LogP contribution in [0, 0.1) is 0 Å². The number of rotatable bonds is 4. The van der Waals surface area contributed by atoms with Gasteiger partial charge in [-0.3, -0.25) is 0 Å². The zero-order chi connectivity index (χ0) is 10.7. The van der Waals surface area contributed by atoms with Crippen molar-refractivity contribution in [2.75, 3.05) is 5.75 Å². The van der Waals surface area contributed by atoms with Crippen LogP contribution in [-0.2, 0) is 6.54 Å². The topological polar surface area (TPSA) is 24.9 Å². The van der Waals surface area contributed by atoms with Crippen molar-refractivity contribution in [2.24, 2.45) is 0 Å². The van der Waals surface area contributed by atoms with E-state index in [0.717, 1.165) is 6.54 Å². The highest BCUT2D eigenvalue weighted by Gasteiger charge is 2.20. The van der Waals surface area contributed by atoms with Crippen LogP contribution in [0.4, 0.5) is 0 Å². The van der Waals surface area contributed by atoms with E-state index in [1.165, 1.54) is 29.3 Å². The van der Waals surface area contributed by atoms with E-state index in [4.69, 9.17) is 4.98 Å². The normalized spacial score (nSPS) is 21.4. The lowest BCUT2D eigenvalue weighted by Gasteiger charge is -2.05.